The zero-order valence-electron chi connectivity index (χ0n) is 11.4. The van der Waals surface area contributed by atoms with Crippen molar-refractivity contribution >= 4 is 5.69 Å². The molecular weight excluding hydrogens is 236 g/mol. The van der Waals surface area contributed by atoms with E-state index in [9.17, 15) is 0 Å². The highest BCUT2D eigenvalue weighted by molar-refractivity contribution is 5.51. The molecule has 0 N–H and O–H groups in total. The summed E-state index contributed by atoms with van der Waals surface area (Å²) in [7, 11) is 0. The van der Waals surface area contributed by atoms with Gasteiger partial charge in [-0.2, -0.15) is 5.10 Å². The van der Waals surface area contributed by atoms with Crippen LogP contribution in [-0.2, 0) is 0 Å². The minimum atomic E-state index is 1.11. The van der Waals surface area contributed by atoms with Gasteiger partial charge in [0.15, 0.2) is 0 Å². The average Bonchev–Trinajstić information content (AvgIpc) is 3.02. The predicted octanol–water partition coefficient (Wildman–Crippen LogP) is 2.01. The Morgan fingerprint density at radius 2 is 1.68 bits per heavy atom. The second kappa shape index (κ2) is 5.45. The third-order valence-electron chi connectivity index (χ3n) is 3.80. The van der Waals surface area contributed by atoms with Crippen LogP contribution >= 0.6 is 0 Å². The summed E-state index contributed by atoms with van der Waals surface area (Å²) in [4.78, 5) is 4.95. The number of rotatable bonds is 3. The summed E-state index contributed by atoms with van der Waals surface area (Å²) in [6, 6.07) is 10.6. The molecule has 19 heavy (non-hydrogen) atoms. The standard InChI is InChI=1S/C15H20N4/c1-2-17-10-12-18(13-11-17)14-4-6-15(7-5-14)19-9-3-8-16-19/h3-9H,2,10-13H2,1H3. The van der Waals surface area contributed by atoms with Gasteiger partial charge in [-0.05, 0) is 36.9 Å². The van der Waals surface area contributed by atoms with Crippen LogP contribution in [0.1, 0.15) is 6.92 Å². The SMILES string of the molecule is CCN1CCN(c2ccc(-n3cccn3)cc2)CC1. The number of aromatic nitrogens is 2. The number of likely N-dealkylation sites (N-methyl/N-ethyl adjacent to an activating group) is 1. The molecule has 1 saturated heterocycles. The lowest BCUT2D eigenvalue weighted by Gasteiger charge is -2.35. The van der Waals surface area contributed by atoms with E-state index in [1.807, 2.05) is 16.9 Å². The molecule has 4 nitrogen and oxygen atoms in total. The molecule has 0 saturated carbocycles. The van der Waals surface area contributed by atoms with Crippen LogP contribution in [0.4, 0.5) is 5.69 Å². The molecule has 0 atom stereocenters. The summed E-state index contributed by atoms with van der Waals surface area (Å²) >= 11 is 0. The molecule has 0 spiro atoms. The minimum Gasteiger partial charge on any atom is -0.369 e. The van der Waals surface area contributed by atoms with Gasteiger partial charge in [0.2, 0.25) is 0 Å². The third kappa shape index (κ3) is 2.63. The van der Waals surface area contributed by atoms with Crippen molar-refractivity contribution in [3.8, 4) is 5.69 Å². The maximum atomic E-state index is 4.25. The van der Waals surface area contributed by atoms with Crippen LogP contribution in [-0.4, -0.2) is 47.4 Å². The van der Waals surface area contributed by atoms with Crippen molar-refractivity contribution in [3.05, 3.63) is 42.7 Å². The smallest absolute Gasteiger partial charge is 0.0647 e. The summed E-state index contributed by atoms with van der Waals surface area (Å²) in [5, 5.41) is 4.25. The van der Waals surface area contributed by atoms with E-state index in [0.717, 1.165) is 38.4 Å². The van der Waals surface area contributed by atoms with Gasteiger partial charge in [-0.15, -0.1) is 0 Å². The Labute approximate surface area is 114 Å². The van der Waals surface area contributed by atoms with E-state index in [4.69, 9.17) is 0 Å². The maximum Gasteiger partial charge on any atom is 0.0647 e. The zero-order chi connectivity index (χ0) is 13.1. The highest BCUT2D eigenvalue weighted by Gasteiger charge is 2.15. The molecule has 1 fully saturated rings. The molecule has 1 aliphatic heterocycles. The predicted molar refractivity (Wildman–Crippen MR) is 77.9 cm³/mol. The van der Waals surface area contributed by atoms with Gasteiger partial charge in [0.1, 0.15) is 0 Å². The topological polar surface area (TPSA) is 24.3 Å². The van der Waals surface area contributed by atoms with Crippen LogP contribution in [0.25, 0.3) is 5.69 Å². The molecule has 4 heteroatoms. The van der Waals surface area contributed by atoms with Crippen LogP contribution in [0, 0.1) is 0 Å². The molecule has 100 valence electrons. The maximum absolute atomic E-state index is 4.25. The Balaban J connectivity index is 1.70. The first-order chi connectivity index (χ1) is 9.36. The first-order valence-corrected chi connectivity index (χ1v) is 6.94. The molecule has 2 heterocycles. The number of anilines is 1. The lowest BCUT2D eigenvalue weighted by atomic mass is 10.2. The number of nitrogens with zero attached hydrogens (tertiary/aromatic N) is 4. The normalized spacial score (nSPS) is 16.8. The van der Waals surface area contributed by atoms with Crippen molar-refractivity contribution < 1.29 is 0 Å². The van der Waals surface area contributed by atoms with Crippen molar-refractivity contribution in [1.29, 1.82) is 0 Å². The summed E-state index contributed by atoms with van der Waals surface area (Å²) in [6.07, 6.45) is 3.77. The van der Waals surface area contributed by atoms with E-state index in [1.165, 1.54) is 5.69 Å². The van der Waals surface area contributed by atoms with Gasteiger partial charge in [-0.3, -0.25) is 0 Å². The second-order valence-electron chi connectivity index (χ2n) is 4.89. The third-order valence-corrected chi connectivity index (χ3v) is 3.80. The molecule has 0 amide bonds. The Morgan fingerprint density at radius 3 is 2.26 bits per heavy atom. The van der Waals surface area contributed by atoms with Crippen LogP contribution < -0.4 is 4.90 Å². The fraction of sp³-hybridized carbons (Fsp3) is 0.400. The molecule has 1 aromatic heterocycles. The van der Waals surface area contributed by atoms with Crippen molar-refractivity contribution in [2.75, 3.05) is 37.6 Å². The highest BCUT2D eigenvalue weighted by Crippen LogP contribution is 2.18. The van der Waals surface area contributed by atoms with Crippen molar-refractivity contribution in [2.24, 2.45) is 0 Å². The van der Waals surface area contributed by atoms with E-state index < -0.39 is 0 Å². The van der Waals surface area contributed by atoms with Crippen molar-refractivity contribution in [3.63, 3.8) is 0 Å². The summed E-state index contributed by atoms with van der Waals surface area (Å²) in [5.74, 6) is 0. The number of hydrogen-bond donors (Lipinski definition) is 0. The van der Waals surface area contributed by atoms with E-state index in [-0.39, 0.29) is 0 Å². The lowest BCUT2D eigenvalue weighted by molar-refractivity contribution is 0.271. The lowest BCUT2D eigenvalue weighted by Crippen LogP contribution is -2.46. The summed E-state index contributed by atoms with van der Waals surface area (Å²) < 4.78 is 1.89. The van der Waals surface area contributed by atoms with Gasteiger partial charge in [0.25, 0.3) is 0 Å². The Kier molecular flexibility index (Phi) is 3.51. The van der Waals surface area contributed by atoms with Gasteiger partial charge in [0, 0.05) is 44.3 Å². The van der Waals surface area contributed by atoms with Crippen molar-refractivity contribution in [2.45, 2.75) is 6.92 Å². The first kappa shape index (κ1) is 12.2. The van der Waals surface area contributed by atoms with Crippen LogP contribution in [0.3, 0.4) is 0 Å². The largest absolute Gasteiger partial charge is 0.369 e. The Hall–Kier alpha value is -1.81. The average molecular weight is 256 g/mol. The van der Waals surface area contributed by atoms with Gasteiger partial charge in [-0.1, -0.05) is 6.92 Å². The van der Waals surface area contributed by atoms with Gasteiger partial charge >= 0.3 is 0 Å². The second-order valence-corrected chi connectivity index (χ2v) is 4.89. The fourth-order valence-corrected chi connectivity index (χ4v) is 2.56. The van der Waals surface area contributed by atoms with Crippen LogP contribution in [0.5, 0.6) is 0 Å². The van der Waals surface area contributed by atoms with Gasteiger partial charge < -0.3 is 9.80 Å². The van der Waals surface area contributed by atoms with Gasteiger partial charge in [-0.25, -0.2) is 4.68 Å². The highest BCUT2D eigenvalue weighted by atomic mass is 15.3. The van der Waals surface area contributed by atoms with E-state index in [0.29, 0.717) is 0 Å². The minimum absolute atomic E-state index is 1.11. The van der Waals surface area contributed by atoms with Gasteiger partial charge in [0.05, 0.1) is 5.69 Å². The van der Waals surface area contributed by atoms with E-state index in [2.05, 4.69) is 46.1 Å². The Morgan fingerprint density at radius 1 is 1.00 bits per heavy atom. The quantitative estimate of drug-likeness (QED) is 0.839. The van der Waals surface area contributed by atoms with E-state index >= 15 is 0 Å². The van der Waals surface area contributed by atoms with Crippen LogP contribution in [0.15, 0.2) is 42.7 Å². The van der Waals surface area contributed by atoms with Crippen LogP contribution in [0.2, 0.25) is 0 Å². The molecule has 0 aliphatic carbocycles. The van der Waals surface area contributed by atoms with E-state index in [1.54, 1.807) is 6.20 Å². The molecule has 0 radical (unpaired) electrons. The summed E-state index contributed by atoms with van der Waals surface area (Å²) in [6.45, 7) is 7.96. The molecule has 0 unspecified atom stereocenters. The first-order valence-electron chi connectivity index (χ1n) is 6.94. The van der Waals surface area contributed by atoms with Crippen molar-refractivity contribution in [1.82, 2.24) is 14.7 Å². The zero-order valence-corrected chi connectivity index (χ0v) is 11.4. The fourth-order valence-electron chi connectivity index (χ4n) is 2.56. The molecule has 1 aliphatic rings. The number of hydrogen-bond acceptors (Lipinski definition) is 3. The number of benzene rings is 1. The summed E-state index contributed by atoms with van der Waals surface area (Å²) in [5.41, 5.74) is 2.42. The molecular formula is C15H20N4. The molecule has 3 rings (SSSR count). The molecule has 2 aromatic rings. The molecule has 1 aromatic carbocycles. The number of piperazine rings is 1. The monoisotopic (exact) mass is 256 g/mol. The Bertz CT molecular complexity index is 495. The molecule has 0 bridgehead atoms.